The summed E-state index contributed by atoms with van der Waals surface area (Å²) in [5, 5.41) is 9.01. The van der Waals surface area contributed by atoms with Crippen molar-refractivity contribution in [2.24, 2.45) is 0 Å². The van der Waals surface area contributed by atoms with Gasteiger partial charge in [0.15, 0.2) is 0 Å². The van der Waals surface area contributed by atoms with E-state index in [1.54, 1.807) is 20.3 Å². The Morgan fingerprint density at radius 2 is 1.76 bits per heavy atom. The fraction of sp³-hybridized carbons (Fsp3) is 0.308. The first-order valence-electron chi connectivity index (χ1n) is 5.32. The minimum absolute atomic E-state index is 0.380. The molecule has 1 aromatic carbocycles. The summed E-state index contributed by atoms with van der Waals surface area (Å²) in [5.41, 5.74) is 2.33. The Kier molecular flexibility index (Phi) is 3.04. The van der Waals surface area contributed by atoms with E-state index in [-0.39, 0.29) is 0 Å². The van der Waals surface area contributed by atoms with Gasteiger partial charge in [-0.2, -0.15) is 0 Å². The molecular formula is C13H14O4. The molecule has 0 unspecified atom stereocenters. The van der Waals surface area contributed by atoms with Gasteiger partial charge in [0, 0.05) is 23.1 Å². The highest BCUT2D eigenvalue weighted by Crippen LogP contribution is 2.35. The molecule has 0 radical (unpaired) electrons. The van der Waals surface area contributed by atoms with Crippen LogP contribution >= 0.6 is 0 Å². The van der Waals surface area contributed by atoms with E-state index < -0.39 is 5.97 Å². The van der Waals surface area contributed by atoms with Gasteiger partial charge >= 0.3 is 5.97 Å². The van der Waals surface area contributed by atoms with Crippen LogP contribution in [0.3, 0.4) is 0 Å². The number of carboxylic acid groups (broad SMARTS) is 1. The highest BCUT2D eigenvalue weighted by molar-refractivity contribution is 5.88. The first-order valence-corrected chi connectivity index (χ1v) is 5.32. The van der Waals surface area contributed by atoms with Gasteiger partial charge in [-0.25, -0.2) is 4.79 Å². The maximum Gasteiger partial charge on any atom is 0.331 e. The second kappa shape index (κ2) is 4.49. The zero-order valence-corrected chi connectivity index (χ0v) is 9.82. The summed E-state index contributed by atoms with van der Waals surface area (Å²) in [6.07, 6.45) is 2.68. The Hall–Kier alpha value is -1.97. The minimum Gasteiger partial charge on any atom is -0.496 e. The Balaban J connectivity index is 2.48. The van der Waals surface area contributed by atoms with Gasteiger partial charge in [-0.1, -0.05) is 6.08 Å². The molecule has 90 valence electrons. The molecule has 0 fully saturated rings. The lowest BCUT2D eigenvalue weighted by molar-refractivity contribution is -0.132. The largest absolute Gasteiger partial charge is 0.496 e. The predicted octanol–water partition coefficient (Wildman–Crippen LogP) is 1.81. The molecule has 1 N–H and O–H groups in total. The number of aliphatic carboxylic acids is 1. The Bertz CT molecular complexity index is 488. The maximum absolute atomic E-state index is 11.0. The van der Waals surface area contributed by atoms with Gasteiger partial charge in [-0.05, 0) is 18.6 Å². The number of allylic oxidation sites excluding steroid dienone is 1. The average molecular weight is 234 g/mol. The van der Waals surface area contributed by atoms with Crippen molar-refractivity contribution in [3.8, 4) is 11.5 Å². The second-order valence-corrected chi connectivity index (χ2v) is 3.84. The summed E-state index contributed by atoms with van der Waals surface area (Å²) in [5.74, 6) is 0.620. The SMILES string of the molecule is COc1ccc(OC)c2c1CC=C(C(=O)O)C2. The molecule has 0 saturated heterocycles. The van der Waals surface area contributed by atoms with E-state index in [2.05, 4.69) is 0 Å². The summed E-state index contributed by atoms with van der Waals surface area (Å²) >= 11 is 0. The van der Waals surface area contributed by atoms with Crippen molar-refractivity contribution in [2.45, 2.75) is 12.8 Å². The van der Waals surface area contributed by atoms with Gasteiger partial charge in [-0.15, -0.1) is 0 Å². The molecule has 2 rings (SSSR count). The molecule has 0 spiro atoms. The van der Waals surface area contributed by atoms with Crippen LogP contribution in [0.4, 0.5) is 0 Å². The zero-order chi connectivity index (χ0) is 12.4. The van der Waals surface area contributed by atoms with Gasteiger partial charge in [0.05, 0.1) is 14.2 Å². The molecule has 0 aliphatic heterocycles. The Labute approximate surface area is 99.5 Å². The molecule has 17 heavy (non-hydrogen) atoms. The summed E-state index contributed by atoms with van der Waals surface area (Å²) in [4.78, 5) is 11.0. The van der Waals surface area contributed by atoms with Gasteiger partial charge in [-0.3, -0.25) is 0 Å². The topological polar surface area (TPSA) is 55.8 Å². The quantitative estimate of drug-likeness (QED) is 0.866. The Morgan fingerprint density at radius 1 is 1.18 bits per heavy atom. The van der Waals surface area contributed by atoms with Crippen molar-refractivity contribution in [3.63, 3.8) is 0 Å². The third kappa shape index (κ3) is 1.98. The molecular weight excluding hydrogens is 220 g/mol. The van der Waals surface area contributed by atoms with Crippen molar-refractivity contribution in [2.75, 3.05) is 14.2 Å². The molecule has 4 nitrogen and oxygen atoms in total. The summed E-state index contributed by atoms with van der Waals surface area (Å²) in [6, 6.07) is 3.65. The average Bonchev–Trinajstić information content (AvgIpc) is 2.36. The van der Waals surface area contributed by atoms with Crippen LogP contribution in [-0.4, -0.2) is 25.3 Å². The van der Waals surface area contributed by atoms with Crippen LogP contribution in [0.2, 0.25) is 0 Å². The predicted molar refractivity (Wildman–Crippen MR) is 62.7 cm³/mol. The van der Waals surface area contributed by atoms with E-state index in [1.165, 1.54) is 0 Å². The third-order valence-corrected chi connectivity index (χ3v) is 2.98. The summed E-state index contributed by atoms with van der Waals surface area (Å²) < 4.78 is 10.5. The van der Waals surface area contributed by atoms with E-state index in [4.69, 9.17) is 14.6 Å². The first-order chi connectivity index (χ1) is 8.17. The van der Waals surface area contributed by atoms with Crippen LogP contribution in [0.1, 0.15) is 11.1 Å². The van der Waals surface area contributed by atoms with E-state index in [9.17, 15) is 4.79 Å². The van der Waals surface area contributed by atoms with Crippen LogP contribution in [-0.2, 0) is 17.6 Å². The van der Waals surface area contributed by atoms with Crippen molar-refractivity contribution in [1.82, 2.24) is 0 Å². The lowest BCUT2D eigenvalue weighted by Crippen LogP contribution is -2.12. The number of carbonyl (C=O) groups is 1. The molecule has 0 heterocycles. The number of carboxylic acids is 1. The number of hydrogen-bond donors (Lipinski definition) is 1. The number of hydrogen-bond acceptors (Lipinski definition) is 3. The van der Waals surface area contributed by atoms with Crippen LogP contribution in [0.15, 0.2) is 23.8 Å². The standard InChI is InChI=1S/C13H14O4/c1-16-11-5-6-12(17-2)10-7-8(13(14)15)3-4-9(10)11/h3,5-6H,4,7H2,1-2H3,(H,14,15). The van der Waals surface area contributed by atoms with Gasteiger partial charge in [0.2, 0.25) is 0 Å². The van der Waals surface area contributed by atoms with E-state index in [1.807, 2.05) is 12.1 Å². The lowest BCUT2D eigenvalue weighted by atomic mass is 9.90. The van der Waals surface area contributed by atoms with Crippen molar-refractivity contribution in [1.29, 1.82) is 0 Å². The van der Waals surface area contributed by atoms with Crippen LogP contribution in [0.25, 0.3) is 0 Å². The summed E-state index contributed by atoms with van der Waals surface area (Å²) in [7, 11) is 3.19. The van der Waals surface area contributed by atoms with Crippen LogP contribution in [0.5, 0.6) is 11.5 Å². The van der Waals surface area contributed by atoms with E-state index >= 15 is 0 Å². The number of ether oxygens (including phenoxy) is 2. The van der Waals surface area contributed by atoms with Gasteiger partial charge in [0.25, 0.3) is 0 Å². The van der Waals surface area contributed by atoms with E-state index in [0.29, 0.717) is 24.2 Å². The molecule has 1 aliphatic rings. The van der Waals surface area contributed by atoms with Crippen molar-refractivity contribution < 1.29 is 19.4 Å². The monoisotopic (exact) mass is 234 g/mol. The molecule has 0 aromatic heterocycles. The smallest absolute Gasteiger partial charge is 0.331 e. The number of benzene rings is 1. The van der Waals surface area contributed by atoms with E-state index in [0.717, 1.165) is 16.9 Å². The highest BCUT2D eigenvalue weighted by Gasteiger charge is 2.22. The second-order valence-electron chi connectivity index (χ2n) is 3.84. The van der Waals surface area contributed by atoms with Crippen molar-refractivity contribution in [3.05, 3.63) is 34.9 Å². The molecule has 0 saturated carbocycles. The fourth-order valence-corrected chi connectivity index (χ4v) is 2.10. The molecule has 0 atom stereocenters. The normalized spacial score (nSPS) is 13.6. The lowest BCUT2D eigenvalue weighted by Gasteiger charge is -2.20. The van der Waals surface area contributed by atoms with Crippen molar-refractivity contribution >= 4 is 5.97 Å². The molecule has 0 bridgehead atoms. The highest BCUT2D eigenvalue weighted by atomic mass is 16.5. The maximum atomic E-state index is 11.0. The molecule has 1 aliphatic carbocycles. The number of fused-ring (bicyclic) bond motifs is 1. The zero-order valence-electron chi connectivity index (χ0n) is 9.82. The number of rotatable bonds is 3. The van der Waals surface area contributed by atoms with Crippen LogP contribution < -0.4 is 9.47 Å². The minimum atomic E-state index is -0.875. The molecule has 0 amide bonds. The van der Waals surface area contributed by atoms with Gasteiger partial charge in [0.1, 0.15) is 11.5 Å². The number of methoxy groups -OCH3 is 2. The fourth-order valence-electron chi connectivity index (χ4n) is 2.10. The third-order valence-electron chi connectivity index (χ3n) is 2.98. The molecule has 4 heteroatoms. The summed E-state index contributed by atoms with van der Waals surface area (Å²) in [6.45, 7) is 0. The molecule has 1 aromatic rings. The van der Waals surface area contributed by atoms with Gasteiger partial charge < -0.3 is 14.6 Å². The first kappa shape index (κ1) is 11.5. The Morgan fingerprint density at radius 3 is 2.29 bits per heavy atom. The van der Waals surface area contributed by atoms with Crippen LogP contribution in [0, 0.1) is 0 Å².